The number of aliphatic carboxylic acids is 2. The Labute approximate surface area is 258 Å². The molecule has 0 bridgehead atoms. The SMILES string of the molecule is CNSc1ccc(-c2cc(CC(=O)O)c(-c3ccc(-c4sc(-c5ccc(SNC)cc5)cc4CC(=O)O)s3)s2)cc1. The lowest BCUT2D eigenvalue weighted by molar-refractivity contribution is -0.137. The van der Waals surface area contributed by atoms with E-state index in [1.165, 1.54) is 23.9 Å². The van der Waals surface area contributed by atoms with Crippen molar-refractivity contribution in [2.24, 2.45) is 0 Å². The largest absolute Gasteiger partial charge is 0.481 e. The Morgan fingerprint density at radius 1 is 0.610 bits per heavy atom. The van der Waals surface area contributed by atoms with Crippen LogP contribution in [0, 0.1) is 0 Å². The van der Waals surface area contributed by atoms with Crippen LogP contribution in [0.3, 0.4) is 0 Å². The first-order valence-electron chi connectivity index (χ1n) is 12.5. The number of benzene rings is 2. The van der Waals surface area contributed by atoms with Gasteiger partial charge in [0.25, 0.3) is 0 Å². The van der Waals surface area contributed by atoms with Crippen LogP contribution in [0.1, 0.15) is 11.1 Å². The van der Waals surface area contributed by atoms with Crippen molar-refractivity contribution in [2.45, 2.75) is 22.6 Å². The van der Waals surface area contributed by atoms with Crippen molar-refractivity contribution in [3.05, 3.63) is 83.9 Å². The zero-order valence-corrected chi connectivity index (χ0v) is 26.2. The summed E-state index contributed by atoms with van der Waals surface area (Å²) in [6.07, 6.45) is -0.135. The number of hydrogen-bond donors (Lipinski definition) is 4. The van der Waals surface area contributed by atoms with E-state index in [1.54, 1.807) is 34.0 Å². The molecule has 0 radical (unpaired) electrons. The van der Waals surface area contributed by atoms with Gasteiger partial charge in [0, 0.05) is 39.1 Å². The van der Waals surface area contributed by atoms with E-state index in [9.17, 15) is 19.8 Å². The highest BCUT2D eigenvalue weighted by Gasteiger charge is 2.20. The minimum absolute atomic E-state index is 0.0675. The van der Waals surface area contributed by atoms with E-state index in [1.807, 2.05) is 62.6 Å². The van der Waals surface area contributed by atoms with E-state index in [2.05, 4.69) is 33.7 Å². The van der Waals surface area contributed by atoms with Gasteiger partial charge in [-0.3, -0.25) is 19.0 Å². The number of nitrogens with one attached hydrogen (secondary N) is 2. The van der Waals surface area contributed by atoms with Crippen LogP contribution in [0.2, 0.25) is 0 Å². The smallest absolute Gasteiger partial charge is 0.307 e. The van der Waals surface area contributed by atoms with Crippen LogP contribution in [-0.4, -0.2) is 36.2 Å². The molecule has 0 aliphatic heterocycles. The Balaban J connectivity index is 1.50. The summed E-state index contributed by atoms with van der Waals surface area (Å²) in [7, 11) is 3.75. The number of rotatable bonds is 12. The van der Waals surface area contributed by atoms with E-state index >= 15 is 0 Å². The topological polar surface area (TPSA) is 98.7 Å². The van der Waals surface area contributed by atoms with E-state index in [0.717, 1.165) is 61.3 Å². The number of thiophene rings is 3. The summed E-state index contributed by atoms with van der Waals surface area (Å²) in [4.78, 5) is 31.5. The average molecular weight is 639 g/mol. The number of carboxylic acids is 2. The highest BCUT2D eigenvalue weighted by Crippen LogP contribution is 2.46. The summed E-state index contributed by atoms with van der Waals surface area (Å²) in [5, 5.41) is 19.2. The summed E-state index contributed by atoms with van der Waals surface area (Å²) >= 11 is 7.82. The van der Waals surface area contributed by atoms with E-state index in [-0.39, 0.29) is 12.8 Å². The first-order chi connectivity index (χ1) is 19.8. The van der Waals surface area contributed by atoms with Crippen molar-refractivity contribution in [1.29, 1.82) is 0 Å². The predicted octanol–water partition coefficient (Wildman–Crippen LogP) is 8.25. The van der Waals surface area contributed by atoms with E-state index in [4.69, 9.17) is 0 Å². The molecule has 0 saturated heterocycles. The Bertz CT molecular complexity index is 1550. The number of hydrogen-bond acceptors (Lipinski definition) is 9. The fourth-order valence-corrected chi connectivity index (χ4v) is 9.02. The lowest BCUT2D eigenvalue weighted by Gasteiger charge is -2.01. The van der Waals surface area contributed by atoms with Gasteiger partial charge in [0.15, 0.2) is 0 Å². The maximum atomic E-state index is 11.7. The van der Waals surface area contributed by atoms with Crippen LogP contribution in [0.4, 0.5) is 0 Å². The third-order valence-corrected chi connectivity index (χ3v) is 11.4. The fourth-order valence-electron chi connectivity index (χ4n) is 4.34. The molecule has 0 saturated carbocycles. The molecule has 4 N–H and O–H groups in total. The third kappa shape index (κ3) is 7.12. The third-order valence-electron chi connectivity index (χ3n) is 6.07. The van der Waals surface area contributed by atoms with Crippen molar-refractivity contribution in [1.82, 2.24) is 9.44 Å². The first kappa shape index (κ1) is 29.6. The monoisotopic (exact) mass is 638 g/mol. The summed E-state index contributed by atoms with van der Waals surface area (Å²) < 4.78 is 6.14. The van der Waals surface area contributed by atoms with Crippen molar-refractivity contribution in [3.8, 4) is 40.4 Å². The Morgan fingerprint density at radius 2 is 1.00 bits per heavy atom. The molecule has 2 aromatic carbocycles. The van der Waals surface area contributed by atoms with Crippen molar-refractivity contribution < 1.29 is 19.8 Å². The lowest BCUT2D eigenvalue weighted by Crippen LogP contribution is -1.99. The molecule has 210 valence electrons. The van der Waals surface area contributed by atoms with Crippen molar-refractivity contribution in [2.75, 3.05) is 14.1 Å². The van der Waals surface area contributed by atoms with Gasteiger partial charge in [-0.1, -0.05) is 24.3 Å². The molecule has 6 nitrogen and oxygen atoms in total. The van der Waals surface area contributed by atoms with Gasteiger partial charge in [0.1, 0.15) is 0 Å². The minimum Gasteiger partial charge on any atom is -0.481 e. The molecular formula is C30H26N2O4S5. The standard InChI is InChI=1S/C30H26N2O4S5/c1-31-40-21-7-3-17(4-8-21)25-13-19(15-27(33)34)29(38-25)23-11-12-24(37-23)30-20(16-28(35)36)14-26(39-30)18-5-9-22(10-6-18)41-32-2/h3-14,31-32H,15-16H2,1-2H3,(H,33,34)(H,35,36). The second kappa shape index (κ2) is 13.4. The second-order valence-corrected chi connectivity index (χ2v) is 14.3. The maximum Gasteiger partial charge on any atom is 0.307 e. The van der Waals surface area contributed by atoms with Gasteiger partial charge in [-0.2, -0.15) is 0 Å². The van der Waals surface area contributed by atoms with Crippen molar-refractivity contribution >= 4 is 69.8 Å². The van der Waals surface area contributed by atoms with Crippen molar-refractivity contribution in [3.63, 3.8) is 0 Å². The Kier molecular flexibility index (Phi) is 9.66. The van der Waals surface area contributed by atoms with Gasteiger partial charge in [-0.15, -0.1) is 34.0 Å². The van der Waals surface area contributed by atoms with Gasteiger partial charge in [0.2, 0.25) is 0 Å². The molecule has 5 rings (SSSR count). The molecule has 5 aromatic rings. The molecule has 11 heteroatoms. The molecule has 0 aliphatic rings. The summed E-state index contributed by atoms with van der Waals surface area (Å²) in [5.41, 5.74) is 3.63. The molecule has 3 aromatic heterocycles. The zero-order chi connectivity index (χ0) is 28.9. The van der Waals surface area contributed by atoms with Crippen LogP contribution >= 0.6 is 57.9 Å². The molecule has 41 heavy (non-hydrogen) atoms. The molecule has 3 heterocycles. The normalized spacial score (nSPS) is 11.2. The molecular weight excluding hydrogens is 613 g/mol. The van der Waals surface area contributed by atoms with Crippen LogP contribution in [0.15, 0.2) is 82.6 Å². The molecule has 0 spiro atoms. The zero-order valence-electron chi connectivity index (χ0n) is 22.1. The highest BCUT2D eigenvalue weighted by atomic mass is 32.2. The summed E-state index contributed by atoms with van der Waals surface area (Å²) in [6.45, 7) is 0. The van der Waals surface area contributed by atoms with E-state index in [0.29, 0.717) is 0 Å². The maximum absolute atomic E-state index is 11.7. The number of carboxylic acid groups (broad SMARTS) is 2. The van der Waals surface area contributed by atoms with Crippen LogP contribution in [-0.2, 0) is 22.4 Å². The van der Waals surface area contributed by atoms with Gasteiger partial charge in [0.05, 0.1) is 12.8 Å². The first-order valence-corrected chi connectivity index (χ1v) is 16.6. The number of carbonyl (C=O) groups is 2. The molecule has 0 amide bonds. The lowest BCUT2D eigenvalue weighted by atomic mass is 10.1. The van der Waals surface area contributed by atoms with Crippen LogP contribution < -0.4 is 9.44 Å². The van der Waals surface area contributed by atoms with Gasteiger partial charge in [-0.05, 0) is 109 Å². The predicted molar refractivity (Wildman–Crippen MR) is 174 cm³/mol. The van der Waals surface area contributed by atoms with Crippen LogP contribution in [0.5, 0.6) is 0 Å². The quantitative estimate of drug-likeness (QED) is 0.101. The fraction of sp³-hybridized carbons (Fsp3) is 0.133. The highest BCUT2D eigenvalue weighted by molar-refractivity contribution is 7.97. The molecule has 0 unspecified atom stereocenters. The summed E-state index contributed by atoms with van der Waals surface area (Å²) in [6, 6.07) is 24.4. The molecule has 0 fully saturated rings. The second-order valence-electron chi connectivity index (χ2n) is 8.90. The van der Waals surface area contributed by atoms with Gasteiger partial charge < -0.3 is 10.2 Å². The summed E-state index contributed by atoms with van der Waals surface area (Å²) in [5.74, 6) is -1.75. The molecule has 0 atom stereocenters. The average Bonchev–Trinajstić information content (AvgIpc) is 3.68. The van der Waals surface area contributed by atoms with E-state index < -0.39 is 11.9 Å². The van der Waals surface area contributed by atoms with Crippen LogP contribution in [0.25, 0.3) is 40.4 Å². The Morgan fingerprint density at radius 3 is 1.34 bits per heavy atom. The minimum atomic E-state index is -0.876. The van der Waals surface area contributed by atoms with Gasteiger partial charge >= 0.3 is 11.9 Å². The Hall–Kier alpha value is -2.90. The molecule has 0 aliphatic carbocycles. The van der Waals surface area contributed by atoms with Gasteiger partial charge in [-0.25, -0.2) is 0 Å².